The molecule has 0 spiro atoms. The van der Waals surface area contributed by atoms with Crippen LogP contribution in [0.5, 0.6) is 5.75 Å². The molecule has 3 aliphatic heterocycles. The number of piperidine rings is 1. The molecule has 0 saturated carbocycles. The van der Waals surface area contributed by atoms with Gasteiger partial charge in [0.1, 0.15) is 17.4 Å². The fourth-order valence-corrected chi connectivity index (χ4v) is 5.46. The average Bonchev–Trinajstić information content (AvgIpc) is 3.29. The maximum Gasteiger partial charge on any atom is 0.283 e. The van der Waals surface area contributed by atoms with E-state index in [1.54, 1.807) is 24.3 Å². The van der Waals surface area contributed by atoms with Gasteiger partial charge in [0, 0.05) is 13.1 Å². The Bertz CT molecular complexity index is 1360. The number of benzene rings is 2. The Hall–Kier alpha value is -3.43. The maximum atomic E-state index is 12.7. The van der Waals surface area contributed by atoms with Crippen LogP contribution < -0.4 is 4.74 Å². The molecule has 1 saturated heterocycles. The van der Waals surface area contributed by atoms with E-state index in [4.69, 9.17) is 21.7 Å². The zero-order valence-corrected chi connectivity index (χ0v) is 21.9. The molecule has 5 rings (SSSR count). The van der Waals surface area contributed by atoms with E-state index in [0.717, 1.165) is 55.2 Å². The zero-order chi connectivity index (χ0) is 25.9. The van der Waals surface area contributed by atoms with Crippen molar-refractivity contribution in [3.05, 3.63) is 69.8 Å². The van der Waals surface area contributed by atoms with Gasteiger partial charge in [0.25, 0.3) is 5.91 Å². The second-order valence-corrected chi connectivity index (χ2v) is 10.5. The highest BCUT2D eigenvalue weighted by Gasteiger charge is 2.36. The van der Waals surface area contributed by atoms with Crippen LogP contribution in [-0.4, -0.2) is 50.9 Å². The van der Waals surface area contributed by atoms with Gasteiger partial charge in [0.2, 0.25) is 11.1 Å². The third-order valence-electron chi connectivity index (χ3n) is 6.25. The highest BCUT2D eigenvalue weighted by Crippen LogP contribution is 2.31. The topological polar surface area (TPSA) is 98.4 Å². The normalized spacial score (nSPS) is 18.6. The minimum atomic E-state index is -0.529. The summed E-state index contributed by atoms with van der Waals surface area (Å²) in [6.07, 6.45) is 4.88. The molecular formula is C27H26ClN5O3S. The Kier molecular flexibility index (Phi) is 7.43. The first-order chi connectivity index (χ1) is 17.9. The van der Waals surface area contributed by atoms with Gasteiger partial charge in [-0.3, -0.25) is 15.0 Å². The minimum absolute atomic E-state index is 0.0133. The van der Waals surface area contributed by atoms with Crippen molar-refractivity contribution in [3.63, 3.8) is 0 Å². The largest absolute Gasteiger partial charge is 0.487 e. The molecule has 2 aromatic carbocycles. The van der Waals surface area contributed by atoms with Crippen LogP contribution in [0.15, 0.2) is 58.1 Å². The molecule has 190 valence electrons. The molecule has 0 unspecified atom stereocenters. The lowest BCUT2D eigenvalue weighted by molar-refractivity contribution is -0.130. The summed E-state index contributed by atoms with van der Waals surface area (Å²) < 4.78 is 5.87. The molecule has 10 heteroatoms. The second-order valence-electron chi connectivity index (χ2n) is 9.10. The third-order valence-corrected chi connectivity index (χ3v) is 7.46. The number of likely N-dealkylation sites (tertiary alicyclic amines) is 1. The molecule has 3 heterocycles. The first kappa shape index (κ1) is 25.2. The van der Waals surface area contributed by atoms with Gasteiger partial charge in [-0.2, -0.15) is 15.1 Å². The Balaban J connectivity index is 1.27. The van der Waals surface area contributed by atoms with Crippen molar-refractivity contribution in [2.24, 2.45) is 10.1 Å². The summed E-state index contributed by atoms with van der Waals surface area (Å²) in [7, 11) is 0. The number of thioether (sulfide) groups is 1. The van der Waals surface area contributed by atoms with Gasteiger partial charge < -0.3 is 9.64 Å². The number of ether oxygens (including phenoxy) is 1. The van der Waals surface area contributed by atoms with E-state index in [-0.39, 0.29) is 23.7 Å². The van der Waals surface area contributed by atoms with Crippen LogP contribution in [0.1, 0.15) is 42.4 Å². The van der Waals surface area contributed by atoms with Crippen LogP contribution in [0.4, 0.5) is 0 Å². The van der Waals surface area contributed by atoms with Crippen LogP contribution in [0.2, 0.25) is 5.02 Å². The van der Waals surface area contributed by atoms with E-state index in [9.17, 15) is 9.59 Å². The van der Waals surface area contributed by atoms with Crippen molar-refractivity contribution in [1.29, 1.82) is 5.41 Å². The van der Waals surface area contributed by atoms with Gasteiger partial charge in [-0.25, -0.2) is 0 Å². The number of hydrogen-bond donors (Lipinski definition) is 1. The van der Waals surface area contributed by atoms with Gasteiger partial charge in [-0.1, -0.05) is 47.5 Å². The molecule has 1 fully saturated rings. The molecule has 0 radical (unpaired) electrons. The van der Waals surface area contributed by atoms with Crippen LogP contribution in [0.25, 0.3) is 6.08 Å². The molecule has 2 aromatic rings. The van der Waals surface area contributed by atoms with Gasteiger partial charge in [0.05, 0.1) is 17.0 Å². The first-order valence-electron chi connectivity index (χ1n) is 12.1. The van der Waals surface area contributed by atoms with Crippen molar-refractivity contribution >= 4 is 57.3 Å². The summed E-state index contributed by atoms with van der Waals surface area (Å²) in [5.74, 6) is -0.0733. The summed E-state index contributed by atoms with van der Waals surface area (Å²) in [5.41, 5.74) is 2.93. The maximum absolute atomic E-state index is 12.7. The Morgan fingerprint density at radius 1 is 1.19 bits per heavy atom. The predicted octanol–water partition coefficient (Wildman–Crippen LogP) is 5.25. The number of carbonyl (C=O) groups excluding carboxylic acids is 2. The molecule has 0 aliphatic carbocycles. The van der Waals surface area contributed by atoms with E-state index in [2.05, 4.69) is 16.2 Å². The lowest BCUT2D eigenvalue weighted by Gasteiger charge is -2.26. The number of halogens is 1. The fraction of sp³-hybridized carbons (Fsp3) is 0.296. The highest BCUT2D eigenvalue weighted by atomic mass is 35.5. The van der Waals surface area contributed by atoms with E-state index >= 15 is 0 Å². The van der Waals surface area contributed by atoms with Crippen molar-refractivity contribution in [2.75, 3.05) is 13.1 Å². The van der Waals surface area contributed by atoms with Crippen molar-refractivity contribution in [3.8, 4) is 5.75 Å². The number of amidine groups is 2. The predicted molar refractivity (Wildman–Crippen MR) is 147 cm³/mol. The van der Waals surface area contributed by atoms with E-state index < -0.39 is 5.91 Å². The monoisotopic (exact) mass is 535 g/mol. The van der Waals surface area contributed by atoms with E-state index in [1.807, 2.05) is 30.0 Å². The lowest BCUT2D eigenvalue weighted by Crippen LogP contribution is -2.36. The SMILES string of the molecule is Cc1cccc(COc2ccc(C=C3C(=N)N4N=C(CC(=O)N5CCCCC5)SC4=NC3=O)cc2Cl)c1. The van der Waals surface area contributed by atoms with Gasteiger partial charge in [-0.05, 0) is 67.3 Å². The van der Waals surface area contributed by atoms with Crippen LogP contribution >= 0.6 is 23.4 Å². The summed E-state index contributed by atoms with van der Waals surface area (Å²) in [4.78, 5) is 31.3. The van der Waals surface area contributed by atoms with E-state index in [0.29, 0.717) is 33.2 Å². The second kappa shape index (κ2) is 10.9. The van der Waals surface area contributed by atoms with Crippen molar-refractivity contribution in [2.45, 2.75) is 39.2 Å². The summed E-state index contributed by atoms with van der Waals surface area (Å²) in [6, 6.07) is 13.2. The van der Waals surface area contributed by atoms with Gasteiger partial charge >= 0.3 is 0 Å². The number of hydrazone groups is 1. The molecule has 0 bridgehead atoms. The average molecular weight is 536 g/mol. The van der Waals surface area contributed by atoms with Gasteiger partial charge in [-0.15, -0.1) is 0 Å². The number of nitrogens with one attached hydrogen (secondary N) is 1. The van der Waals surface area contributed by atoms with Gasteiger partial charge in [0.15, 0.2) is 5.84 Å². The van der Waals surface area contributed by atoms with E-state index in [1.165, 1.54) is 5.01 Å². The summed E-state index contributed by atoms with van der Waals surface area (Å²) >= 11 is 7.61. The summed E-state index contributed by atoms with van der Waals surface area (Å²) in [5, 5.41) is 15.5. The number of hydrogen-bond acceptors (Lipinski definition) is 6. The Morgan fingerprint density at radius 2 is 2.00 bits per heavy atom. The molecule has 0 aromatic heterocycles. The molecule has 37 heavy (non-hydrogen) atoms. The molecule has 2 amide bonds. The molecule has 8 nitrogen and oxygen atoms in total. The summed E-state index contributed by atoms with van der Waals surface area (Å²) in [6.45, 7) is 3.94. The Morgan fingerprint density at radius 3 is 2.76 bits per heavy atom. The molecule has 0 atom stereocenters. The molecular weight excluding hydrogens is 510 g/mol. The number of amides is 2. The highest BCUT2D eigenvalue weighted by molar-refractivity contribution is 8.27. The van der Waals surface area contributed by atoms with Crippen molar-refractivity contribution < 1.29 is 14.3 Å². The Labute approximate surface area is 224 Å². The number of fused-ring (bicyclic) bond motifs is 1. The minimum Gasteiger partial charge on any atom is -0.487 e. The number of nitrogens with zero attached hydrogens (tertiary/aromatic N) is 4. The number of aryl methyl sites for hydroxylation is 1. The fourth-order valence-electron chi connectivity index (χ4n) is 4.34. The van der Waals surface area contributed by atoms with Crippen LogP contribution in [0, 0.1) is 12.3 Å². The quantitative estimate of drug-likeness (QED) is 0.509. The standard InChI is InChI=1S/C27H26ClN5O3S/c1-17-6-5-7-19(12-17)16-36-22-9-8-18(14-21(22)28)13-20-25(29)33-27(30-26(20)35)37-23(31-33)15-24(34)32-10-3-2-4-11-32/h5-9,12-14,29H,2-4,10-11,15-16H2,1H3. The zero-order valence-electron chi connectivity index (χ0n) is 20.4. The number of rotatable bonds is 6. The van der Waals surface area contributed by atoms with Crippen LogP contribution in [0.3, 0.4) is 0 Å². The number of aliphatic imine (C=N–C) groups is 1. The third kappa shape index (κ3) is 5.78. The molecule has 3 aliphatic rings. The molecule has 1 N–H and O–H groups in total. The van der Waals surface area contributed by atoms with Crippen LogP contribution in [-0.2, 0) is 16.2 Å². The first-order valence-corrected chi connectivity index (χ1v) is 13.3. The lowest BCUT2D eigenvalue weighted by atomic mass is 10.1. The van der Waals surface area contributed by atoms with Crippen molar-refractivity contribution in [1.82, 2.24) is 9.91 Å². The smallest absolute Gasteiger partial charge is 0.283 e. The number of carbonyl (C=O) groups is 2.